The molecule has 0 aliphatic carbocycles. The van der Waals surface area contributed by atoms with Gasteiger partial charge in [0, 0.05) is 32.8 Å². The van der Waals surface area contributed by atoms with E-state index in [1.54, 1.807) is 29.9 Å². The van der Waals surface area contributed by atoms with E-state index in [1.165, 1.54) is 0 Å². The SMILES string of the molecule is Cc1ccc(C)c(S(=O)(=O)NCCNC(=O)CCc2cnn(C)c2)c1. The van der Waals surface area contributed by atoms with Gasteiger partial charge in [-0.3, -0.25) is 9.48 Å². The van der Waals surface area contributed by atoms with Crippen LogP contribution in [0, 0.1) is 13.8 Å². The molecule has 2 rings (SSSR count). The summed E-state index contributed by atoms with van der Waals surface area (Å²) in [6.45, 7) is 4.00. The highest BCUT2D eigenvalue weighted by atomic mass is 32.2. The second-order valence-electron chi connectivity index (χ2n) is 6.04. The predicted molar refractivity (Wildman–Crippen MR) is 95.6 cm³/mol. The van der Waals surface area contributed by atoms with E-state index in [0.29, 0.717) is 18.4 Å². The van der Waals surface area contributed by atoms with E-state index < -0.39 is 10.0 Å². The molecule has 1 heterocycles. The van der Waals surface area contributed by atoms with Crippen molar-refractivity contribution in [3.8, 4) is 0 Å². The maximum absolute atomic E-state index is 12.3. The number of nitrogens with one attached hydrogen (secondary N) is 2. The van der Waals surface area contributed by atoms with Gasteiger partial charge in [0.1, 0.15) is 0 Å². The van der Waals surface area contributed by atoms with Crippen molar-refractivity contribution in [3.05, 3.63) is 47.3 Å². The van der Waals surface area contributed by atoms with Gasteiger partial charge in [-0.2, -0.15) is 5.10 Å². The van der Waals surface area contributed by atoms with Crippen LogP contribution in [0.25, 0.3) is 0 Å². The van der Waals surface area contributed by atoms with Crippen molar-refractivity contribution in [2.75, 3.05) is 13.1 Å². The molecule has 0 unspecified atom stereocenters. The maximum atomic E-state index is 12.3. The summed E-state index contributed by atoms with van der Waals surface area (Å²) < 4.78 is 28.9. The van der Waals surface area contributed by atoms with E-state index in [9.17, 15) is 13.2 Å². The van der Waals surface area contributed by atoms with Crippen molar-refractivity contribution >= 4 is 15.9 Å². The minimum Gasteiger partial charge on any atom is -0.355 e. The van der Waals surface area contributed by atoms with Gasteiger partial charge >= 0.3 is 0 Å². The monoisotopic (exact) mass is 364 g/mol. The van der Waals surface area contributed by atoms with Crippen LogP contribution in [0.5, 0.6) is 0 Å². The molecule has 8 heteroatoms. The molecule has 0 saturated carbocycles. The summed E-state index contributed by atoms with van der Waals surface area (Å²) in [5.74, 6) is -0.116. The number of carbonyl (C=O) groups is 1. The Kier molecular flexibility index (Phi) is 6.33. The maximum Gasteiger partial charge on any atom is 0.240 e. The van der Waals surface area contributed by atoms with Crippen molar-refractivity contribution < 1.29 is 13.2 Å². The Hall–Kier alpha value is -2.19. The van der Waals surface area contributed by atoms with E-state index >= 15 is 0 Å². The third-order valence-corrected chi connectivity index (χ3v) is 5.37. The van der Waals surface area contributed by atoms with Crippen molar-refractivity contribution in [3.63, 3.8) is 0 Å². The lowest BCUT2D eigenvalue weighted by Gasteiger charge is -2.10. The predicted octanol–water partition coefficient (Wildman–Crippen LogP) is 1.06. The molecule has 2 aromatic rings. The third kappa shape index (κ3) is 5.68. The highest BCUT2D eigenvalue weighted by Gasteiger charge is 2.16. The van der Waals surface area contributed by atoms with E-state index in [-0.39, 0.29) is 23.9 Å². The molecular formula is C17H24N4O3S. The summed E-state index contributed by atoms with van der Waals surface area (Å²) in [6.07, 6.45) is 4.54. The Morgan fingerprint density at radius 2 is 2.00 bits per heavy atom. The van der Waals surface area contributed by atoms with Crippen LogP contribution in [0.4, 0.5) is 0 Å². The number of hydrogen-bond acceptors (Lipinski definition) is 4. The quantitative estimate of drug-likeness (QED) is 0.685. The largest absolute Gasteiger partial charge is 0.355 e. The zero-order chi connectivity index (χ0) is 18.4. The van der Waals surface area contributed by atoms with E-state index in [2.05, 4.69) is 15.1 Å². The Bertz CT molecular complexity index is 843. The minimum absolute atomic E-state index is 0.116. The molecule has 0 aliphatic heterocycles. The first kappa shape index (κ1) is 19.1. The standard InChI is InChI=1S/C17H24N4O3S/c1-13-4-5-14(2)16(10-13)25(23,24)20-9-8-18-17(22)7-6-15-11-19-21(3)12-15/h4-5,10-12,20H,6-9H2,1-3H3,(H,18,22). The molecule has 0 fully saturated rings. The van der Waals surface area contributed by atoms with E-state index in [1.807, 2.05) is 26.2 Å². The Labute approximate surface area is 148 Å². The number of sulfonamides is 1. The number of amides is 1. The molecule has 136 valence electrons. The molecule has 2 N–H and O–H groups in total. The van der Waals surface area contributed by atoms with Crippen LogP contribution >= 0.6 is 0 Å². The number of aromatic nitrogens is 2. The van der Waals surface area contributed by atoms with Gasteiger partial charge < -0.3 is 5.32 Å². The van der Waals surface area contributed by atoms with Crippen LogP contribution in [-0.2, 0) is 28.3 Å². The van der Waals surface area contributed by atoms with Crippen molar-refractivity contribution in [1.29, 1.82) is 0 Å². The number of benzene rings is 1. The van der Waals surface area contributed by atoms with Gasteiger partial charge in [-0.05, 0) is 43.0 Å². The minimum atomic E-state index is -3.58. The zero-order valence-corrected chi connectivity index (χ0v) is 15.6. The molecule has 0 spiro atoms. The van der Waals surface area contributed by atoms with E-state index in [4.69, 9.17) is 0 Å². The van der Waals surface area contributed by atoms with Crippen LogP contribution < -0.4 is 10.0 Å². The highest BCUT2D eigenvalue weighted by Crippen LogP contribution is 2.16. The van der Waals surface area contributed by atoms with Crippen molar-refractivity contribution in [2.45, 2.75) is 31.6 Å². The van der Waals surface area contributed by atoms with Gasteiger partial charge in [-0.1, -0.05) is 12.1 Å². The number of nitrogens with zero attached hydrogens (tertiary/aromatic N) is 2. The van der Waals surface area contributed by atoms with E-state index in [0.717, 1.165) is 11.1 Å². The van der Waals surface area contributed by atoms with Crippen molar-refractivity contribution in [2.24, 2.45) is 7.05 Å². The smallest absolute Gasteiger partial charge is 0.240 e. The fourth-order valence-corrected chi connectivity index (χ4v) is 3.77. The van der Waals surface area contributed by atoms with Gasteiger partial charge in [-0.25, -0.2) is 13.1 Å². The summed E-state index contributed by atoms with van der Waals surface area (Å²) >= 11 is 0. The number of aryl methyl sites for hydroxylation is 4. The lowest BCUT2D eigenvalue weighted by atomic mass is 10.2. The molecule has 0 saturated heterocycles. The topological polar surface area (TPSA) is 93.1 Å². The second kappa shape index (κ2) is 8.26. The molecule has 1 aromatic heterocycles. The average Bonchev–Trinajstić information content (AvgIpc) is 2.97. The van der Waals surface area contributed by atoms with Gasteiger partial charge in [0.05, 0.1) is 11.1 Å². The Morgan fingerprint density at radius 1 is 1.24 bits per heavy atom. The highest BCUT2D eigenvalue weighted by molar-refractivity contribution is 7.89. The zero-order valence-electron chi connectivity index (χ0n) is 14.7. The number of hydrogen-bond donors (Lipinski definition) is 2. The van der Waals surface area contributed by atoms with Gasteiger partial charge in [0.25, 0.3) is 0 Å². The van der Waals surface area contributed by atoms with Crippen LogP contribution in [0.1, 0.15) is 23.1 Å². The average molecular weight is 364 g/mol. The molecular weight excluding hydrogens is 340 g/mol. The van der Waals surface area contributed by atoms with Crippen LogP contribution in [0.2, 0.25) is 0 Å². The molecule has 25 heavy (non-hydrogen) atoms. The third-order valence-electron chi connectivity index (χ3n) is 3.77. The second-order valence-corrected chi connectivity index (χ2v) is 7.77. The molecule has 0 bridgehead atoms. The van der Waals surface area contributed by atoms with Gasteiger partial charge in [0.2, 0.25) is 15.9 Å². The van der Waals surface area contributed by atoms with Gasteiger partial charge in [-0.15, -0.1) is 0 Å². The number of rotatable bonds is 8. The molecule has 0 atom stereocenters. The Morgan fingerprint density at radius 3 is 2.68 bits per heavy atom. The molecule has 7 nitrogen and oxygen atoms in total. The summed E-state index contributed by atoms with van der Waals surface area (Å²) in [7, 11) is -1.75. The summed E-state index contributed by atoms with van der Waals surface area (Å²) in [6, 6.07) is 5.30. The molecule has 1 aromatic carbocycles. The fourth-order valence-electron chi connectivity index (χ4n) is 2.41. The van der Waals surface area contributed by atoms with Crippen molar-refractivity contribution in [1.82, 2.24) is 19.8 Å². The first-order valence-electron chi connectivity index (χ1n) is 8.09. The summed E-state index contributed by atoms with van der Waals surface area (Å²) in [5, 5.41) is 6.76. The van der Waals surface area contributed by atoms with Crippen LogP contribution in [0.15, 0.2) is 35.5 Å². The van der Waals surface area contributed by atoms with Crippen LogP contribution in [-0.4, -0.2) is 37.2 Å². The number of carbonyl (C=O) groups excluding carboxylic acids is 1. The molecule has 0 radical (unpaired) electrons. The fraction of sp³-hybridized carbons (Fsp3) is 0.412. The molecule has 1 amide bonds. The first-order chi connectivity index (χ1) is 11.8. The summed E-state index contributed by atoms with van der Waals surface area (Å²) in [4.78, 5) is 12.1. The Balaban J connectivity index is 1.76. The first-order valence-corrected chi connectivity index (χ1v) is 9.57. The lowest BCUT2D eigenvalue weighted by molar-refractivity contribution is -0.121. The van der Waals surface area contributed by atoms with Gasteiger partial charge in [0.15, 0.2) is 0 Å². The summed E-state index contributed by atoms with van der Waals surface area (Å²) in [5.41, 5.74) is 2.57. The normalized spacial score (nSPS) is 11.5. The molecule has 0 aliphatic rings. The van der Waals surface area contributed by atoms with Crippen LogP contribution in [0.3, 0.4) is 0 Å². The lowest BCUT2D eigenvalue weighted by Crippen LogP contribution is -2.35.